The van der Waals surface area contributed by atoms with Gasteiger partial charge in [-0.1, -0.05) is 76.9 Å². The fourth-order valence-corrected chi connectivity index (χ4v) is 6.77. The first-order valence-electron chi connectivity index (χ1n) is 16.7. The molecule has 0 N–H and O–H groups in total. The van der Waals surface area contributed by atoms with E-state index in [1.165, 1.54) is 68.6 Å². The minimum absolute atomic E-state index is 0. The third-order valence-corrected chi connectivity index (χ3v) is 10.8. The van der Waals surface area contributed by atoms with Gasteiger partial charge in [0, 0.05) is 0 Å². The number of hydrogen-bond acceptors (Lipinski definition) is 0. The Morgan fingerprint density at radius 2 is 1.11 bits per heavy atom. The van der Waals surface area contributed by atoms with Gasteiger partial charge in [0.15, 0.2) is 0 Å². The summed E-state index contributed by atoms with van der Waals surface area (Å²) in [6.45, 7) is 22.8. The first-order chi connectivity index (χ1) is 20.6. The molecule has 3 heteroatoms. The summed E-state index contributed by atoms with van der Waals surface area (Å²) in [5, 5.41) is 5.48. The van der Waals surface area contributed by atoms with E-state index in [1.54, 1.807) is 27.4 Å². The van der Waals surface area contributed by atoms with E-state index in [9.17, 15) is 0 Å². The predicted octanol–water partition coefficient (Wildman–Crippen LogP) is 6.52. The third-order valence-electron chi connectivity index (χ3n) is 9.13. The minimum Gasteiger partial charge on any atom is -1.00 e. The molecule has 0 nitrogen and oxygen atoms in total. The Balaban J connectivity index is 0.000000270. The number of benzene rings is 3. The van der Waals surface area contributed by atoms with Crippen molar-refractivity contribution in [3.8, 4) is 0 Å². The fraction of sp³-hybridized carbons (Fsp3) is 0.419. The van der Waals surface area contributed by atoms with Crippen molar-refractivity contribution in [2.45, 2.75) is 111 Å². The average molecular weight is 733 g/mol. The predicted molar refractivity (Wildman–Crippen MR) is 193 cm³/mol. The van der Waals surface area contributed by atoms with E-state index in [1.807, 2.05) is 30.3 Å². The number of halogens is 2. The van der Waals surface area contributed by atoms with E-state index in [4.69, 9.17) is 0 Å². The largest absolute Gasteiger partial charge is 1.00 e. The zero-order valence-electron chi connectivity index (χ0n) is 29.8. The van der Waals surface area contributed by atoms with Gasteiger partial charge in [-0.15, -0.1) is 39.7 Å². The van der Waals surface area contributed by atoms with E-state index in [-0.39, 0.29) is 35.6 Å². The van der Waals surface area contributed by atoms with Crippen LogP contribution in [-0.4, -0.2) is 3.21 Å². The maximum atomic E-state index is 2.44. The van der Waals surface area contributed by atoms with Gasteiger partial charge in [-0.05, 0) is 10.8 Å². The van der Waals surface area contributed by atoms with Gasteiger partial charge < -0.3 is 24.8 Å². The van der Waals surface area contributed by atoms with Crippen LogP contribution in [-0.2, 0) is 35.1 Å². The molecule has 5 aromatic rings. The average Bonchev–Trinajstić information content (AvgIpc) is 3.62. The Hall–Kier alpha value is -1.79. The summed E-state index contributed by atoms with van der Waals surface area (Å²) in [6.07, 6.45) is 4.27. The third kappa shape index (κ3) is 10.4. The van der Waals surface area contributed by atoms with Crippen molar-refractivity contribution >= 4 is 24.8 Å². The molecule has 0 bridgehead atoms. The van der Waals surface area contributed by atoms with Crippen LogP contribution in [0.2, 0.25) is 0 Å². The van der Waals surface area contributed by atoms with Crippen LogP contribution in [0.3, 0.4) is 0 Å². The Morgan fingerprint density at radius 3 is 1.41 bits per heavy atom. The van der Waals surface area contributed by atoms with Crippen LogP contribution in [0.4, 0.5) is 0 Å². The maximum Gasteiger partial charge on any atom is -0.172 e. The number of fused-ring (bicyclic) bond motifs is 3. The smallest absolute Gasteiger partial charge is 0.172 e. The monoisotopic (exact) mass is 730 g/mol. The van der Waals surface area contributed by atoms with Crippen LogP contribution in [0.1, 0.15) is 128 Å². The standard InChI is InChI=1S/C21H25.C17H24.C5H5.2ClH.Zr/c1-20(2,3)16-7-9-18-14(12-16)11-15-13-17(21(4,5)6)8-10-19(15)18;1-12(2)16-9-15(8-14-6-5-7-14)10-17(11-16)13(3)4;1-2-4-5-3-1;;;/h7-13H,1-6H3;9-14H,5-7H2,1-4H3;1-5H;2*1H;/q-1;;-1;;;+2/p-2. The maximum absolute atomic E-state index is 2.44. The van der Waals surface area contributed by atoms with Crippen molar-refractivity contribution < 1.29 is 49.0 Å². The Morgan fingerprint density at radius 1 is 0.674 bits per heavy atom. The first-order valence-corrected chi connectivity index (χ1v) is 17.9. The molecule has 5 aromatic carbocycles. The second kappa shape index (κ2) is 17.0. The number of hydrogen-bond donors (Lipinski definition) is 0. The molecule has 46 heavy (non-hydrogen) atoms. The molecule has 0 aromatic heterocycles. The van der Waals surface area contributed by atoms with Gasteiger partial charge in [-0.2, -0.15) is 18.2 Å². The molecule has 1 fully saturated rings. The van der Waals surface area contributed by atoms with Crippen molar-refractivity contribution in [3.05, 3.63) is 119 Å². The van der Waals surface area contributed by atoms with Crippen LogP contribution in [0, 0.1) is 5.92 Å². The number of rotatable bonds is 4. The Labute approximate surface area is 307 Å². The van der Waals surface area contributed by atoms with Gasteiger partial charge in [0.1, 0.15) is 0 Å². The molecule has 0 saturated heterocycles. The Bertz CT molecular complexity index is 1550. The molecule has 1 aliphatic rings. The van der Waals surface area contributed by atoms with E-state index >= 15 is 0 Å². The van der Waals surface area contributed by atoms with E-state index in [2.05, 4.69) is 130 Å². The zero-order valence-corrected chi connectivity index (χ0v) is 33.7. The van der Waals surface area contributed by atoms with Gasteiger partial charge in [0.25, 0.3) is 0 Å². The molecular weight excluding hydrogens is 679 g/mol. The SMILES string of the molecule is CC(C)(C)c1ccc2c(c1)[cH-]c1cc(C(C)(C)C)ccc12.CC(C)c1cc([C](=[Zr+2])C2CCC2)cc(C(C)C)c1.[Cl-].[Cl-].c1cc[cH-]c1. The summed E-state index contributed by atoms with van der Waals surface area (Å²) < 4.78 is 1.71. The second-order valence-electron chi connectivity index (χ2n) is 15.4. The molecule has 0 unspecified atom stereocenters. The Kier molecular flexibility index (Phi) is 15.0. The van der Waals surface area contributed by atoms with Crippen LogP contribution in [0.25, 0.3) is 21.5 Å². The molecule has 1 saturated carbocycles. The fourth-order valence-electron chi connectivity index (χ4n) is 5.71. The molecule has 0 spiro atoms. The van der Waals surface area contributed by atoms with Crippen molar-refractivity contribution in [1.82, 2.24) is 0 Å². The summed E-state index contributed by atoms with van der Waals surface area (Å²) in [5.74, 6) is 2.16. The van der Waals surface area contributed by atoms with Crippen molar-refractivity contribution in [3.63, 3.8) is 0 Å². The topological polar surface area (TPSA) is 0 Å². The normalized spacial score (nSPS) is 13.3. The van der Waals surface area contributed by atoms with Gasteiger partial charge >= 0.3 is 127 Å². The molecule has 1 aliphatic carbocycles. The van der Waals surface area contributed by atoms with Gasteiger partial charge in [0.05, 0.1) is 0 Å². The van der Waals surface area contributed by atoms with E-state index in [0.717, 1.165) is 5.92 Å². The summed E-state index contributed by atoms with van der Waals surface area (Å²) in [5.41, 5.74) is 7.77. The molecule has 0 atom stereocenters. The molecular formula is C43H54Cl2Zr-2. The summed E-state index contributed by atoms with van der Waals surface area (Å²) in [7, 11) is 0. The van der Waals surface area contributed by atoms with E-state index < -0.39 is 0 Å². The summed E-state index contributed by atoms with van der Waals surface area (Å²) in [4.78, 5) is 0. The first kappa shape index (κ1) is 40.4. The van der Waals surface area contributed by atoms with E-state index in [0.29, 0.717) is 11.8 Å². The van der Waals surface area contributed by atoms with Crippen LogP contribution < -0.4 is 24.8 Å². The second-order valence-corrected chi connectivity index (χ2v) is 16.8. The summed E-state index contributed by atoms with van der Waals surface area (Å²) >= 11 is 1.62. The molecule has 0 radical (unpaired) electrons. The van der Waals surface area contributed by atoms with Crippen molar-refractivity contribution in [1.29, 1.82) is 0 Å². The van der Waals surface area contributed by atoms with Gasteiger partial charge in [-0.3, -0.25) is 0 Å². The van der Waals surface area contributed by atoms with Crippen LogP contribution >= 0.6 is 0 Å². The van der Waals surface area contributed by atoms with Crippen LogP contribution in [0.15, 0.2) is 91.0 Å². The van der Waals surface area contributed by atoms with Crippen LogP contribution in [0.5, 0.6) is 0 Å². The van der Waals surface area contributed by atoms with Gasteiger partial charge in [-0.25, -0.2) is 12.1 Å². The molecule has 0 amide bonds. The molecule has 6 rings (SSSR count). The molecule has 0 aliphatic heterocycles. The van der Waals surface area contributed by atoms with Gasteiger partial charge in [0.2, 0.25) is 0 Å². The van der Waals surface area contributed by atoms with Crippen molar-refractivity contribution in [2.24, 2.45) is 5.92 Å². The minimum atomic E-state index is 0. The van der Waals surface area contributed by atoms with Crippen molar-refractivity contribution in [2.75, 3.05) is 0 Å². The molecule has 0 heterocycles. The molecule has 246 valence electrons. The quantitative estimate of drug-likeness (QED) is 0.185. The summed E-state index contributed by atoms with van der Waals surface area (Å²) in [6, 6.07) is 33.5. The zero-order chi connectivity index (χ0) is 32.2.